The monoisotopic (exact) mass is 625 g/mol. The van der Waals surface area contributed by atoms with E-state index in [9.17, 15) is 0 Å². The van der Waals surface area contributed by atoms with Gasteiger partial charge in [0.25, 0.3) is 0 Å². The van der Waals surface area contributed by atoms with Crippen molar-refractivity contribution in [3.63, 3.8) is 0 Å². The maximum Gasteiger partial charge on any atom is 0.235 e. The number of nitrogens with zero attached hydrogens (tertiary/aromatic N) is 4. The third-order valence-electron chi connectivity index (χ3n) is 9.05. The van der Waals surface area contributed by atoms with Crippen LogP contribution in [-0.4, -0.2) is 24.3 Å². The summed E-state index contributed by atoms with van der Waals surface area (Å²) < 4.78 is 2.22. The van der Waals surface area contributed by atoms with Crippen molar-refractivity contribution in [3.8, 4) is 22.5 Å². The molecule has 0 bridgehead atoms. The summed E-state index contributed by atoms with van der Waals surface area (Å²) in [5.74, 6) is 1.05. The molecule has 4 aromatic carbocycles. The molecule has 48 heavy (non-hydrogen) atoms. The fourth-order valence-corrected chi connectivity index (χ4v) is 6.79. The van der Waals surface area contributed by atoms with E-state index in [0.29, 0.717) is 5.78 Å². The van der Waals surface area contributed by atoms with Crippen molar-refractivity contribution >= 4 is 33.8 Å². The molecule has 0 saturated carbocycles. The Kier molecular flexibility index (Phi) is 8.67. The quantitative estimate of drug-likeness (QED) is 0.208. The molecule has 236 valence electrons. The molecule has 0 saturated heterocycles. The van der Waals surface area contributed by atoms with Gasteiger partial charge in [-0.3, -0.25) is 4.40 Å². The number of fused-ring (bicyclic) bond motifs is 9. The molecule has 2 aliphatic carbocycles. The molecule has 2 unspecified atom stereocenters. The van der Waals surface area contributed by atoms with Crippen LogP contribution in [0.3, 0.4) is 0 Å². The van der Waals surface area contributed by atoms with Crippen LogP contribution in [0.1, 0.15) is 42.1 Å². The van der Waals surface area contributed by atoms with E-state index in [4.69, 9.17) is 15.0 Å². The number of hydrogen-bond acceptors (Lipinski definition) is 3. The Morgan fingerprint density at radius 3 is 2.21 bits per heavy atom. The zero-order valence-electron chi connectivity index (χ0n) is 27.8. The highest BCUT2D eigenvalue weighted by Gasteiger charge is 2.26. The standard InChI is InChI=1S/C41H33N5.C2H6/c1-27-14-6-8-18-31(27)40-28(2)39(30-16-4-3-5-17-30)43-26-42-35-25-24-29-15-7-9-19-32(29)38(35)33-20-10-12-22-36(33)46-37-23-13-11-21-34(37)44-41(46)45-40;1-2/h3-26,29,32H,1-2H3,(H,42,43);1-2H3. The molecular formula is C43H39N5. The van der Waals surface area contributed by atoms with Crippen molar-refractivity contribution in [2.75, 3.05) is 0 Å². The number of rotatable bonds is 2. The Morgan fingerprint density at radius 1 is 0.667 bits per heavy atom. The topological polar surface area (TPSA) is 58.9 Å². The molecule has 6 aromatic rings. The first-order valence-corrected chi connectivity index (χ1v) is 16.7. The lowest BCUT2D eigenvalue weighted by Crippen LogP contribution is -2.14. The lowest BCUT2D eigenvalue weighted by molar-refractivity contribution is 0.693. The Morgan fingerprint density at radius 2 is 1.38 bits per heavy atom. The average Bonchev–Trinajstić information content (AvgIpc) is 3.51. The smallest absolute Gasteiger partial charge is 0.235 e. The largest absolute Gasteiger partial charge is 0.346 e. The number of aromatic nitrogens is 5. The van der Waals surface area contributed by atoms with Crippen LogP contribution < -0.4 is 0 Å². The second-order valence-electron chi connectivity index (χ2n) is 11.8. The molecule has 5 heteroatoms. The predicted molar refractivity (Wildman–Crippen MR) is 201 cm³/mol. The van der Waals surface area contributed by atoms with Crippen molar-refractivity contribution in [1.82, 2.24) is 24.3 Å². The molecule has 0 aliphatic heterocycles. The van der Waals surface area contributed by atoms with Crippen LogP contribution in [0.4, 0.5) is 0 Å². The zero-order chi connectivity index (χ0) is 33.0. The van der Waals surface area contributed by atoms with Crippen molar-refractivity contribution in [2.45, 2.75) is 33.6 Å². The summed E-state index contributed by atoms with van der Waals surface area (Å²) >= 11 is 0. The number of benzene rings is 4. The van der Waals surface area contributed by atoms with Crippen LogP contribution in [-0.2, 0) is 0 Å². The minimum atomic E-state index is 0.160. The number of aromatic amines is 1. The molecule has 2 atom stereocenters. The summed E-state index contributed by atoms with van der Waals surface area (Å²) in [5, 5.41) is 1.13. The molecule has 2 aromatic heterocycles. The minimum absolute atomic E-state index is 0.160. The number of hydrogen-bond donors (Lipinski definition) is 1. The SMILES string of the molecule is CC.Cc1ccccc1-c1nc2nc3ccccc3n2c2ccccc2c2c([nH]cnc(-c3ccccc3)c1C)C=CC1C=CC=CC21. The number of aryl methyl sites for hydroxylation is 1. The Labute approximate surface area is 281 Å². The Balaban J connectivity index is 0.00000179. The Hall–Kier alpha value is -5.81. The van der Waals surface area contributed by atoms with Gasteiger partial charge in [0.1, 0.15) is 0 Å². The van der Waals surface area contributed by atoms with Crippen LogP contribution >= 0.6 is 0 Å². The first-order chi connectivity index (χ1) is 23.7. The van der Waals surface area contributed by atoms with Gasteiger partial charge in [-0.15, -0.1) is 0 Å². The van der Waals surface area contributed by atoms with Crippen LogP contribution in [0, 0.1) is 19.8 Å². The summed E-state index contributed by atoms with van der Waals surface area (Å²) in [6, 6.07) is 35.6. The minimum Gasteiger partial charge on any atom is -0.346 e. The van der Waals surface area contributed by atoms with Crippen molar-refractivity contribution in [2.24, 2.45) is 5.92 Å². The van der Waals surface area contributed by atoms with E-state index in [2.05, 4.69) is 139 Å². The van der Waals surface area contributed by atoms with Gasteiger partial charge >= 0.3 is 0 Å². The second-order valence-corrected chi connectivity index (χ2v) is 11.8. The van der Waals surface area contributed by atoms with E-state index in [1.165, 1.54) is 5.56 Å². The fourth-order valence-electron chi connectivity index (χ4n) is 6.79. The maximum absolute atomic E-state index is 5.47. The fraction of sp³-hybridized carbons (Fsp3) is 0.140. The van der Waals surface area contributed by atoms with E-state index in [0.717, 1.165) is 61.3 Å². The van der Waals surface area contributed by atoms with Crippen molar-refractivity contribution in [3.05, 3.63) is 162 Å². The number of para-hydroxylation sites is 3. The van der Waals surface area contributed by atoms with E-state index >= 15 is 0 Å². The predicted octanol–water partition coefficient (Wildman–Crippen LogP) is 10.8. The lowest BCUT2D eigenvalue weighted by atomic mass is 9.77. The van der Waals surface area contributed by atoms with Crippen LogP contribution in [0.25, 0.3) is 56.3 Å². The highest BCUT2D eigenvalue weighted by atomic mass is 15.1. The Bertz CT molecular complexity index is 2350. The number of H-pyrrole nitrogens is 1. The van der Waals surface area contributed by atoms with E-state index in [1.807, 2.05) is 44.4 Å². The normalized spacial score (nSPS) is 15.7. The first kappa shape index (κ1) is 30.8. The molecule has 2 heterocycles. The first-order valence-electron chi connectivity index (χ1n) is 16.7. The van der Waals surface area contributed by atoms with Crippen molar-refractivity contribution in [1.29, 1.82) is 0 Å². The van der Waals surface area contributed by atoms with Gasteiger partial charge < -0.3 is 4.98 Å². The van der Waals surface area contributed by atoms with Gasteiger partial charge in [0.15, 0.2) is 0 Å². The molecule has 0 fully saturated rings. The summed E-state index contributed by atoms with van der Waals surface area (Å²) in [4.78, 5) is 19.4. The summed E-state index contributed by atoms with van der Waals surface area (Å²) in [5.41, 5.74) is 11.0. The van der Waals surface area contributed by atoms with Gasteiger partial charge in [-0.25, -0.2) is 15.0 Å². The van der Waals surface area contributed by atoms with E-state index in [-0.39, 0.29) is 11.8 Å². The van der Waals surface area contributed by atoms with Gasteiger partial charge in [0.2, 0.25) is 5.78 Å². The second kappa shape index (κ2) is 13.5. The van der Waals surface area contributed by atoms with E-state index in [1.54, 1.807) is 0 Å². The van der Waals surface area contributed by atoms with Crippen molar-refractivity contribution < 1.29 is 0 Å². The summed E-state index contributed by atoms with van der Waals surface area (Å²) in [6.45, 7) is 8.24. The highest BCUT2D eigenvalue weighted by Crippen LogP contribution is 2.40. The summed E-state index contributed by atoms with van der Waals surface area (Å²) in [6.07, 6.45) is 15.2. The van der Waals surface area contributed by atoms with Gasteiger partial charge in [-0.05, 0) is 49.2 Å². The number of nitrogens with one attached hydrogen (secondary N) is 1. The van der Waals surface area contributed by atoms with Crippen LogP contribution in [0.5, 0.6) is 0 Å². The third kappa shape index (κ3) is 5.58. The highest BCUT2D eigenvalue weighted by molar-refractivity contribution is 5.91. The van der Waals surface area contributed by atoms with Gasteiger partial charge in [-0.1, -0.05) is 129 Å². The molecular weight excluding hydrogens is 587 g/mol. The maximum atomic E-state index is 5.47. The van der Waals surface area contributed by atoms with Crippen LogP contribution in [0.2, 0.25) is 0 Å². The summed E-state index contributed by atoms with van der Waals surface area (Å²) in [7, 11) is 0. The van der Waals surface area contributed by atoms with E-state index < -0.39 is 0 Å². The molecule has 2 aliphatic rings. The lowest BCUT2D eigenvalue weighted by Gasteiger charge is -2.27. The molecule has 0 amide bonds. The van der Waals surface area contributed by atoms with Gasteiger partial charge in [-0.2, -0.15) is 0 Å². The molecule has 0 radical (unpaired) electrons. The van der Waals surface area contributed by atoms with Crippen LogP contribution in [0.15, 0.2) is 140 Å². The molecule has 8 rings (SSSR count). The third-order valence-corrected chi connectivity index (χ3v) is 9.05. The zero-order valence-corrected chi connectivity index (χ0v) is 27.8. The van der Waals surface area contributed by atoms with Gasteiger partial charge in [0.05, 0.1) is 34.3 Å². The number of imidazole rings is 1. The molecule has 5 nitrogen and oxygen atoms in total. The molecule has 1 N–H and O–H groups in total. The average molecular weight is 626 g/mol. The number of allylic oxidation sites excluding steroid dienone is 5. The molecule has 0 spiro atoms. The van der Waals surface area contributed by atoms with Gasteiger partial charge in [0, 0.05) is 39.6 Å².